The van der Waals surface area contributed by atoms with Crippen LogP contribution in [0.1, 0.15) is 5.56 Å². The molecule has 0 aliphatic heterocycles. The minimum Gasteiger partial charge on any atom is -0.465 e. The highest BCUT2D eigenvalue weighted by Crippen LogP contribution is 2.13. The summed E-state index contributed by atoms with van der Waals surface area (Å²) in [5.41, 5.74) is 1.50. The van der Waals surface area contributed by atoms with E-state index in [0.29, 0.717) is 5.69 Å². The van der Waals surface area contributed by atoms with Gasteiger partial charge in [-0.05, 0) is 17.7 Å². The minimum absolute atomic E-state index is 0.275. The van der Waals surface area contributed by atoms with Gasteiger partial charge in [0, 0.05) is 11.8 Å². The third-order valence-corrected chi connectivity index (χ3v) is 1.62. The monoisotopic (exact) mass is 209 g/mol. The van der Waals surface area contributed by atoms with Gasteiger partial charge in [-0.15, -0.1) is 5.11 Å². The number of rotatable bonds is 4. The van der Waals surface area contributed by atoms with E-state index < -0.39 is 6.09 Å². The molecule has 0 heterocycles. The molecular weight excluding hydrogens is 198 g/mol. The summed E-state index contributed by atoms with van der Waals surface area (Å²) >= 11 is 0. The van der Waals surface area contributed by atoms with Crippen LogP contribution < -0.4 is 5.32 Å². The average Bonchev–Trinajstić information content (AvgIpc) is 2.25. The van der Waals surface area contributed by atoms with Crippen molar-refractivity contribution >= 4 is 11.8 Å². The number of nitrogens with zero attached hydrogens (tertiary/aromatic N) is 2. The van der Waals surface area contributed by atoms with Gasteiger partial charge in [-0.1, -0.05) is 12.1 Å². The summed E-state index contributed by atoms with van der Waals surface area (Å²) in [7, 11) is 1.41. The predicted molar refractivity (Wildman–Crippen MR) is 52.8 cm³/mol. The molecule has 0 aliphatic rings. The van der Waals surface area contributed by atoms with Crippen molar-refractivity contribution in [1.82, 2.24) is 5.32 Å². The third kappa shape index (κ3) is 4.08. The van der Waals surface area contributed by atoms with E-state index in [1.165, 1.54) is 7.11 Å². The fourth-order valence-electron chi connectivity index (χ4n) is 0.946. The molecule has 0 aliphatic carbocycles. The molecule has 0 saturated carbocycles. The number of carbonyl (C=O) groups is 1. The molecule has 1 aromatic carbocycles. The van der Waals surface area contributed by atoms with Crippen LogP contribution in [0, 0.1) is 0 Å². The first-order valence-corrected chi connectivity index (χ1v) is 4.22. The standard InChI is InChI=1S/C9H11N3O3/c1-15-12-11-8-4-2-7(3-5-8)6-10-9(13)14/h2-5,10H,6H2,1H3,(H,13,14). The molecule has 0 fully saturated rings. The Balaban J connectivity index is 2.56. The lowest BCUT2D eigenvalue weighted by molar-refractivity contribution is 0.190. The first-order valence-electron chi connectivity index (χ1n) is 4.22. The van der Waals surface area contributed by atoms with Crippen LogP contribution in [0.25, 0.3) is 0 Å². The molecule has 0 saturated heterocycles. The van der Waals surface area contributed by atoms with Crippen LogP contribution in [0.15, 0.2) is 34.7 Å². The summed E-state index contributed by atoms with van der Waals surface area (Å²) in [5.74, 6) is 0. The first-order chi connectivity index (χ1) is 7.22. The smallest absolute Gasteiger partial charge is 0.404 e. The minimum atomic E-state index is -1.04. The van der Waals surface area contributed by atoms with Gasteiger partial charge in [-0.3, -0.25) is 0 Å². The van der Waals surface area contributed by atoms with E-state index in [2.05, 4.69) is 20.5 Å². The summed E-state index contributed by atoms with van der Waals surface area (Å²) in [6.07, 6.45) is -1.04. The normalized spacial score (nSPS) is 10.2. The molecule has 1 aromatic rings. The van der Waals surface area contributed by atoms with Gasteiger partial charge < -0.3 is 15.3 Å². The van der Waals surface area contributed by atoms with Crippen molar-refractivity contribution in [3.63, 3.8) is 0 Å². The highest BCUT2D eigenvalue weighted by molar-refractivity contribution is 5.64. The van der Waals surface area contributed by atoms with Crippen molar-refractivity contribution in [1.29, 1.82) is 0 Å². The largest absolute Gasteiger partial charge is 0.465 e. The maximum Gasteiger partial charge on any atom is 0.404 e. The van der Waals surface area contributed by atoms with Gasteiger partial charge >= 0.3 is 6.09 Å². The molecule has 1 rings (SSSR count). The SMILES string of the molecule is CON=Nc1ccc(CNC(=O)O)cc1. The van der Waals surface area contributed by atoms with Gasteiger partial charge in [0.1, 0.15) is 7.11 Å². The lowest BCUT2D eigenvalue weighted by atomic mass is 10.2. The second-order valence-electron chi connectivity index (χ2n) is 2.69. The van der Waals surface area contributed by atoms with Crippen molar-refractivity contribution in [2.24, 2.45) is 10.4 Å². The molecule has 6 nitrogen and oxygen atoms in total. The Bertz CT molecular complexity index is 348. The van der Waals surface area contributed by atoms with Gasteiger partial charge in [-0.2, -0.15) is 0 Å². The Morgan fingerprint density at radius 2 is 2.13 bits per heavy atom. The molecule has 0 spiro atoms. The van der Waals surface area contributed by atoms with E-state index in [1.807, 2.05) is 0 Å². The zero-order valence-corrected chi connectivity index (χ0v) is 8.17. The quantitative estimate of drug-likeness (QED) is 0.588. The maximum absolute atomic E-state index is 10.2. The number of benzene rings is 1. The molecule has 0 unspecified atom stereocenters. The van der Waals surface area contributed by atoms with Crippen molar-refractivity contribution < 1.29 is 14.7 Å². The second-order valence-corrected chi connectivity index (χ2v) is 2.69. The predicted octanol–water partition coefficient (Wildman–Crippen LogP) is 2.10. The Labute approximate surface area is 86.5 Å². The molecular formula is C9H11N3O3. The lowest BCUT2D eigenvalue weighted by Gasteiger charge is -2.00. The fourth-order valence-corrected chi connectivity index (χ4v) is 0.946. The molecule has 6 heteroatoms. The summed E-state index contributed by atoms with van der Waals surface area (Å²) in [6, 6.07) is 6.97. The highest BCUT2D eigenvalue weighted by atomic mass is 16.6. The van der Waals surface area contributed by atoms with E-state index in [0.717, 1.165) is 5.56 Å². The van der Waals surface area contributed by atoms with Crippen LogP contribution >= 0.6 is 0 Å². The number of amides is 1. The highest BCUT2D eigenvalue weighted by Gasteiger charge is 1.96. The number of carboxylic acid groups (broad SMARTS) is 1. The average molecular weight is 209 g/mol. The van der Waals surface area contributed by atoms with E-state index in [9.17, 15) is 4.79 Å². The molecule has 0 radical (unpaired) electrons. The van der Waals surface area contributed by atoms with Gasteiger partial charge in [0.2, 0.25) is 0 Å². The van der Waals surface area contributed by atoms with E-state index in [4.69, 9.17) is 5.11 Å². The van der Waals surface area contributed by atoms with Gasteiger partial charge in [-0.25, -0.2) is 4.79 Å². The molecule has 15 heavy (non-hydrogen) atoms. The van der Waals surface area contributed by atoms with Crippen LogP contribution in [0.3, 0.4) is 0 Å². The van der Waals surface area contributed by atoms with Gasteiger partial charge in [0.15, 0.2) is 0 Å². The van der Waals surface area contributed by atoms with Crippen molar-refractivity contribution in [2.75, 3.05) is 7.11 Å². The Hall–Kier alpha value is -2.11. The number of nitrogens with one attached hydrogen (secondary N) is 1. The van der Waals surface area contributed by atoms with Crippen LogP contribution in [-0.2, 0) is 11.4 Å². The van der Waals surface area contributed by atoms with Crippen LogP contribution in [-0.4, -0.2) is 18.3 Å². The van der Waals surface area contributed by atoms with E-state index in [1.54, 1.807) is 24.3 Å². The summed E-state index contributed by atoms with van der Waals surface area (Å²) in [5, 5.41) is 17.7. The topological polar surface area (TPSA) is 83.3 Å². The molecule has 80 valence electrons. The lowest BCUT2D eigenvalue weighted by Crippen LogP contribution is -2.19. The second kappa shape index (κ2) is 5.58. The summed E-state index contributed by atoms with van der Waals surface area (Å²) in [6.45, 7) is 0.275. The van der Waals surface area contributed by atoms with Gasteiger partial charge in [0.25, 0.3) is 0 Å². The molecule has 0 bridgehead atoms. The van der Waals surface area contributed by atoms with E-state index >= 15 is 0 Å². The zero-order valence-electron chi connectivity index (χ0n) is 8.17. The molecule has 0 aromatic heterocycles. The Morgan fingerprint density at radius 1 is 1.47 bits per heavy atom. The summed E-state index contributed by atoms with van der Waals surface area (Å²) < 4.78 is 0. The fraction of sp³-hybridized carbons (Fsp3) is 0.222. The van der Waals surface area contributed by atoms with Crippen LogP contribution in [0.4, 0.5) is 10.5 Å². The Morgan fingerprint density at radius 3 is 2.67 bits per heavy atom. The molecule has 0 atom stereocenters. The van der Waals surface area contributed by atoms with Gasteiger partial charge in [0.05, 0.1) is 5.69 Å². The van der Waals surface area contributed by atoms with Crippen LogP contribution in [0.2, 0.25) is 0 Å². The molecule has 1 amide bonds. The number of hydrogen-bond donors (Lipinski definition) is 2. The first kappa shape index (κ1) is 11.0. The number of hydrogen-bond acceptors (Lipinski definition) is 4. The maximum atomic E-state index is 10.2. The Kier molecular flexibility index (Phi) is 4.08. The van der Waals surface area contributed by atoms with Crippen molar-refractivity contribution in [3.05, 3.63) is 29.8 Å². The molecule has 2 N–H and O–H groups in total. The summed E-state index contributed by atoms with van der Waals surface area (Å²) in [4.78, 5) is 14.6. The zero-order chi connectivity index (χ0) is 11.1. The van der Waals surface area contributed by atoms with Crippen molar-refractivity contribution in [2.45, 2.75) is 6.54 Å². The van der Waals surface area contributed by atoms with Crippen molar-refractivity contribution in [3.8, 4) is 0 Å². The van der Waals surface area contributed by atoms with Crippen LogP contribution in [0.5, 0.6) is 0 Å². The third-order valence-electron chi connectivity index (χ3n) is 1.62. The van der Waals surface area contributed by atoms with E-state index in [-0.39, 0.29) is 6.54 Å².